The van der Waals surface area contributed by atoms with E-state index in [4.69, 9.17) is 21.1 Å². The number of fused-ring (bicyclic) bond motifs is 2. The van der Waals surface area contributed by atoms with E-state index in [2.05, 4.69) is 10.1 Å². The van der Waals surface area contributed by atoms with E-state index >= 15 is 0 Å². The van der Waals surface area contributed by atoms with Crippen LogP contribution >= 0.6 is 11.6 Å². The van der Waals surface area contributed by atoms with Gasteiger partial charge in [-0.15, -0.1) is 0 Å². The summed E-state index contributed by atoms with van der Waals surface area (Å²) in [4.78, 5) is 18.3. The third-order valence-corrected chi connectivity index (χ3v) is 9.52. The van der Waals surface area contributed by atoms with E-state index in [1.165, 1.54) is 12.1 Å². The molecule has 260 valence electrons. The van der Waals surface area contributed by atoms with E-state index in [-0.39, 0.29) is 38.4 Å². The maximum atomic E-state index is 13.8. The predicted molar refractivity (Wildman–Crippen MR) is 184 cm³/mol. The average Bonchev–Trinajstić information content (AvgIpc) is 3.73. The van der Waals surface area contributed by atoms with Gasteiger partial charge in [0.15, 0.2) is 0 Å². The fraction of sp³-hybridized carbons (Fsp3) is 0.405. The smallest absolute Gasteiger partial charge is 0.355 e. The molecule has 49 heavy (non-hydrogen) atoms. The van der Waals surface area contributed by atoms with Crippen LogP contribution < -0.4 is 4.74 Å². The largest absolute Gasteiger partial charge is 0.493 e. The zero-order valence-corrected chi connectivity index (χ0v) is 28.5. The van der Waals surface area contributed by atoms with E-state index in [9.17, 15) is 23.1 Å². The lowest BCUT2D eigenvalue weighted by Gasteiger charge is -2.18. The molecule has 0 aliphatic carbocycles. The minimum Gasteiger partial charge on any atom is -0.493 e. The van der Waals surface area contributed by atoms with E-state index in [0.717, 1.165) is 27.4 Å². The molecule has 1 aliphatic rings. The predicted octanol–water partition coefficient (Wildman–Crippen LogP) is 8.03. The molecule has 1 saturated heterocycles. The second-order valence-electron chi connectivity index (χ2n) is 12.5. The first-order chi connectivity index (χ1) is 23.5. The zero-order chi connectivity index (χ0) is 34.9. The molecule has 3 aromatic carbocycles. The lowest BCUT2D eigenvalue weighted by Crippen LogP contribution is -2.27. The Morgan fingerprint density at radius 1 is 1.14 bits per heavy atom. The Bertz CT molecular complexity index is 1990. The highest BCUT2D eigenvalue weighted by Crippen LogP contribution is 2.43. The SMILES string of the molecule is CCOC(=O)c1[nH]c2c(-c3c(C(O)CCN4CCC(F)(F)C4)nn(C)c3CC)c(Cl)ccc2c1CCCOc1cccc2cc(F)ccc12. The number of aliphatic hydroxyl groups excluding tert-OH is 1. The molecular weight excluding hydrogens is 657 g/mol. The number of carbonyl (C=O) groups is 1. The first-order valence-electron chi connectivity index (χ1n) is 16.7. The van der Waals surface area contributed by atoms with Crippen LogP contribution in [0.15, 0.2) is 48.5 Å². The number of aromatic amines is 1. The van der Waals surface area contributed by atoms with Gasteiger partial charge in [-0.05, 0) is 73.9 Å². The number of benzene rings is 3. The molecule has 8 nitrogen and oxygen atoms in total. The molecule has 6 rings (SSSR count). The van der Waals surface area contributed by atoms with Gasteiger partial charge in [0.2, 0.25) is 0 Å². The van der Waals surface area contributed by atoms with Crippen LogP contribution in [0, 0.1) is 5.82 Å². The van der Waals surface area contributed by atoms with Crippen LogP contribution in [0.1, 0.15) is 66.7 Å². The standard InChI is InChI=1S/C37H40ClF3N4O4/c1-4-28-32(35(43-44(28)3)29(46)15-17-45-18-16-37(40,41)21-45)31-27(38)14-13-26-25(34(42-33(26)31)36(47)48-5-2)9-7-19-49-30-10-6-8-22-20-23(39)11-12-24(22)30/h6,8,10-14,20,29,42,46H,4-5,7,9,15-19,21H2,1-3H3. The molecule has 0 radical (unpaired) electrons. The van der Waals surface area contributed by atoms with Crippen molar-refractivity contribution < 1.29 is 32.5 Å². The number of nitrogens with zero attached hydrogens (tertiary/aromatic N) is 3. The molecule has 1 aliphatic heterocycles. The Morgan fingerprint density at radius 2 is 1.94 bits per heavy atom. The van der Waals surface area contributed by atoms with Gasteiger partial charge in [0.25, 0.3) is 5.92 Å². The molecule has 2 N–H and O–H groups in total. The zero-order valence-electron chi connectivity index (χ0n) is 27.8. The van der Waals surface area contributed by atoms with Crippen molar-refractivity contribution in [2.24, 2.45) is 7.05 Å². The van der Waals surface area contributed by atoms with Gasteiger partial charge < -0.3 is 19.6 Å². The number of esters is 1. The van der Waals surface area contributed by atoms with Crippen molar-refractivity contribution in [3.05, 3.63) is 82.0 Å². The minimum atomic E-state index is -2.72. The molecule has 0 spiro atoms. The molecule has 0 amide bonds. The first-order valence-corrected chi connectivity index (χ1v) is 17.0. The highest BCUT2D eigenvalue weighted by atomic mass is 35.5. The quantitative estimate of drug-likeness (QED) is 0.0957. The second-order valence-corrected chi connectivity index (χ2v) is 12.9. The van der Waals surface area contributed by atoms with Crippen LogP contribution in [-0.4, -0.2) is 69.5 Å². The van der Waals surface area contributed by atoms with Crippen LogP contribution in [0.2, 0.25) is 5.02 Å². The van der Waals surface area contributed by atoms with Crippen molar-refractivity contribution in [3.8, 4) is 16.9 Å². The number of rotatable bonds is 13. The number of carbonyl (C=O) groups excluding carboxylic acids is 1. The van der Waals surface area contributed by atoms with E-state index in [1.54, 1.807) is 35.7 Å². The molecule has 1 unspecified atom stereocenters. The summed E-state index contributed by atoms with van der Waals surface area (Å²) in [7, 11) is 1.80. The number of likely N-dealkylation sites (tertiary alicyclic amines) is 1. The van der Waals surface area contributed by atoms with Gasteiger partial charge in [-0.25, -0.2) is 18.0 Å². The van der Waals surface area contributed by atoms with Gasteiger partial charge in [0.05, 0.1) is 42.1 Å². The molecule has 5 aromatic rings. The van der Waals surface area contributed by atoms with Crippen molar-refractivity contribution in [2.75, 3.05) is 32.8 Å². The van der Waals surface area contributed by atoms with Crippen LogP contribution in [-0.2, 0) is 24.6 Å². The lowest BCUT2D eigenvalue weighted by atomic mass is 9.95. The molecule has 3 heterocycles. The average molecular weight is 697 g/mol. The fourth-order valence-electron chi connectivity index (χ4n) is 6.89. The number of nitrogens with one attached hydrogen (secondary N) is 1. The molecule has 0 bridgehead atoms. The number of ether oxygens (including phenoxy) is 2. The van der Waals surface area contributed by atoms with Crippen molar-refractivity contribution >= 4 is 39.2 Å². The number of alkyl halides is 2. The normalized spacial score (nSPS) is 15.3. The van der Waals surface area contributed by atoms with Gasteiger partial charge in [0.1, 0.15) is 17.3 Å². The van der Waals surface area contributed by atoms with Crippen molar-refractivity contribution in [2.45, 2.75) is 58.0 Å². The van der Waals surface area contributed by atoms with Crippen LogP contribution in [0.3, 0.4) is 0 Å². The van der Waals surface area contributed by atoms with Crippen LogP contribution in [0.5, 0.6) is 5.75 Å². The number of aryl methyl sites for hydroxylation is 2. The molecule has 2 aromatic heterocycles. The van der Waals surface area contributed by atoms with Crippen molar-refractivity contribution in [3.63, 3.8) is 0 Å². The monoisotopic (exact) mass is 696 g/mol. The Morgan fingerprint density at radius 3 is 2.67 bits per heavy atom. The fourth-order valence-corrected chi connectivity index (χ4v) is 7.14. The summed E-state index contributed by atoms with van der Waals surface area (Å²) in [5.74, 6) is -2.89. The van der Waals surface area contributed by atoms with Gasteiger partial charge >= 0.3 is 5.97 Å². The summed E-state index contributed by atoms with van der Waals surface area (Å²) >= 11 is 6.93. The van der Waals surface area contributed by atoms with Gasteiger partial charge in [-0.1, -0.05) is 36.7 Å². The number of hydrogen-bond acceptors (Lipinski definition) is 6. The number of aromatic nitrogens is 3. The third-order valence-electron chi connectivity index (χ3n) is 9.20. The Kier molecular flexibility index (Phi) is 10.2. The summed E-state index contributed by atoms with van der Waals surface area (Å²) in [6.45, 7) is 4.50. The Hall–Kier alpha value is -4.06. The third kappa shape index (κ3) is 7.15. The van der Waals surface area contributed by atoms with E-state index in [0.29, 0.717) is 71.2 Å². The van der Waals surface area contributed by atoms with E-state index in [1.807, 2.05) is 31.2 Å². The van der Waals surface area contributed by atoms with Crippen LogP contribution in [0.25, 0.3) is 32.8 Å². The Labute approximate surface area is 287 Å². The minimum absolute atomic E-state index is 0.188. The highest BCUT2D eigenvalue weighted by molar-refractivity contribution is 6.35. The lowest BCUT2D eigenvalue weighted by molar-refractivity contribution is 0.0107. The van der Waals surface area contributed by atoms with Gasteiger partial charge in [-0.2, -0.15) is 5.10 Å². The topological polar surface area (TPSA) is 92.6 Å². The number of H-pyrrole nitrogens is 1. The maximum Gasteiger partial charge on any atom is 0.355 e. The molecule has 12 heteroatoms. The van der Waals surface area contributed by atoms with E-state index < -0.39 is 18.0 Å². The van der Waals surface area contributed by atoms with Crippen molar-refractivity contribution in [1.29, 1.82) is 0 Å². The molecular formula is C37H40ClF3N4O4. The molecule has 1 atom stereocenters. The number of halogens is 4. The van der Waals surface area contributed by atoms with Gasteiger partial charge in [-0.3, -0.25) is 9.58 Å². The first kappa shape index (κ1) is 34.8. The Balaban J connectivity index is 1.33. The number of aliphatic hydroxyl groups is 1. The maximum absolute atomic E-state index is 13.8. The molecule has 0 saturated carbocycles. The number of hydrogen-bond donors (Lipinski definition) is 2. The van der Waals surface area contributed by atoms with Crippen LogP contribution in [0.4, 0.5) is 13.2 Å². The van der Waals surface area contributed by atoms with Crippen molar-refractivity contribution in [1.82, 2.24) is 19.7 Å². The summed E-state index contributed by atoms with van der Waals surface area (Å²) in [5.41, 5.74) is 4.14. The summed E-state index contributed by atoms with van der Waals surface area (Å²) in [5, 5.41) is 18.8. The highest BCUT2D eigenvalue weighted by Gasteiger charge is 2.38. The second kappa shape index (κ2) is 14.4. The summed E-state index contributed by atoms with van der Waals surface area (Å²) in [6.07, 6.45) is 0.590. The molecule has 1 fully saturated rings. The summed E-state index contributed by atoms with van der Waals surface area (Å²) in [6, 6.07) is 13.7. The summed E-state index contributed by atoms with van der Waals surface area (Å²) < 4.78 is 54.7. The van der Waals surface area contributed by atoms with Gasteiger partial charge in [0, 0.05) is 54.2 Å².